The lowest BCUT2D eigenvalue weighted by molar-refractivity contribution is -0.132. The lowest BCUT2D eigenvalue weighted by atomic mass is 10.1. The van der Waals surface area contributed by atoms with Crippen LogP contribution < -0.4 is 15.6 Å². The predicted molar refractivity (Wildman–Crippen MR) is 94.0 cm³/mol. The van der Waals surface area contributed by atoms with Gasteiger partial charge >= 0.3 is 0 Å². The van der Waals surface area contributed by atoms with E-state index in [1.165, 1.54) is 18.3 Å². The molecule has 2 aromatic rings. The molecule has 2 N–H and O–H groups in total. The van der Waals surface area contributed by atoms with Crippen LogP contribution in [-0.2, 0) is 16.1 Å². The SMILES string of the molecule is COc1ccnc(NNC(=O)C2=NN(Cc3ccccc3)C(=O)CC2)n1. The zero-order chi connectivity index (χ0) is 18.4. The van der Waals surface area contributed by atoms with E-state index in [-0.39, 0.29) is 30.4 Å². The van der Waals surface area contributed by atoms with Crippen LogP contribution in [0.5, 0.6) is 5.88 Å². The Morgan fingerprint density at radius 3 is 2.81 bits per heavy atom. The molecule has 26 heavy (non-hydrogen) atoms. The normalized spacial score (nSPS) is 13.8. The summed E-state index contributed by atoms with van der Waals surface area (Å²) in [6.07, 6.45) is 2.00. The number of methoxy groups -OCH3 is 1. The molecule has 1 aromatic heterocycles. The van der Waals surface area contributed by atoms with Crippen molar-refractivity contribution in [1.82, 2.24) is 20.4 Å². The van der Waals surface area contributed by atoms with Gasteiger partial charge in [0, 0.05) is 25.1 Å². The van der Waals surface area contributed by atoms with Crippen LogP contribution in [0.3, 0.4) is 0 Å². The molecule has 3 rings (SSSR count). The highest BCUT2D eigenvalue weighted by molar-refractivity contribution is 6.39. The quantitative estimate of drug-likeness (QED) is 0.752. The summed E-state index contributed by atoms with van der Waals surface area (Å²) in [4.78, 5) is 32.3. The number of aromatic nitrogens is 2. The summed E-state index contributed by atoms with van der Waals surface area (Å²) in [5.74, 6) is -0.00538. The van der Waals surface area contributed by atoms with Gasteiger partial charge in [-0.15, -0.1) is 0 Å². The van der Waals surface area contributed by atoms with Crippen molar-refractivity contribution < 1.29 is 14.3 Å². The Kier molecular flexibility index (Phi) is 5.37. The van der Waals surface area contributed by atoms with Crippen molar-refractivity contribution >= 4 is 23.5 Å². The van der Waals surface area contributed by atoms with Crippen molar-refractivity contribution in [2.45, 2.75) is 19.4 Å². The predicted octanol–water partition coefficient (Wildman–Crippen LogP) is 1.11. The second-order valence-corrected chi connectivity index (χ2v) is 5.49. The fourth-order valence-corrected chi connectivity index (χ4v) is 2.35. The van der Waals surface area contributed by atoms with E-state index >= 15 is 0 Å². The third-order valence-corrected chi connectivity index (χ3v) is 3.67. The van der Waals surface area contributed by atoms with Crippen molar-refractivity contribution in [3.63, 3.8) is 0 Å². The molecule has 9 nitrogen and oxygen atoms in total. The molecule has 2 heterocycles. The van der Waals surface area contributed by atoms with Crippen LogP contribution in [-0.4, -0.2) is 39.6 Å². The molecular formula is C17H18N6O3. The van der Waals surface area contributed by atoms with E-state index in [0.717, 1.165) is 5.56 Å². The first-order chi connectivity index (χ1) is 12.7. The van der Waals surface area contributed by atoms with E-state index in [2.05, 4.69) is 25.9 Å². The summed E-state index contributed by atoms with van der Waals surface area (Å²) in [6.45, 7) is 0.322. The number of amides is 2. The van der Waals surface area contributed by atoms with Gasteiger partial charge in [0.2, 0.25) is 17.7 Å². The Morgan fingerprint density at radius 1 is 1.23 bits per heavy atom. The van der Waals surface area contributed by atoms with Gasteiger partial charge in [0.25, 0.3) is 5.91 Å². The minimum atomic E-state index is -0.443. The Bertz CT molecular complexity index is 824. The number of hydrazine groups is 1. The van der Waals surface area contributed by atoms with Crippen molar-refractivity contribution in [2.24, 2.45) is 5.10 Å². The average Bonchev–Trinajstić information content (AvgIpc) is 2.69. The van der Waals surface area contributed by atoms with Gasteiger partial charge in [0.05, 0.1) is 13.7 Å². The number of hydrogen-bond donors (Lipinski definition) is 2. The van der Waals surface area contributed by atoms with Crippen LogP contribution in [0.15, 0.2) is 47.7 Å². The van der Waals surface area contributed by atoms with E-state index in [4.69, 9.17) is 4.74 Å². The summed E-state index contributed by atoms with van der Waals surface area (Å²) in [5, 5.41) is 5.50. The zero-order valence-electron chi connectivity index (χ0n) is 14.2. The first-order valence-corrected chi connectivity index (χ1v) is 8.01. The highest BCUT2D eigenvalue weighted by atomic mass is 16.5. The van der Waals surface area contributed by atoms with E-state index in [0.29, 0.717) is 12.4 Å². The monoisotopic (exact) mass is 354 g/mol. The molecule has 0 aliphatic carbocycles. The highest BCUT2D eigenvalue weighted by Crippen LogP contribution is 2.14. The maximum atomic E-state index is 12.3. The molecule has 0 radical (unpaired) electrons. The van der Waals surface area contributed by atoms with Gasteiger partial charge in [0.1, 0.15) is 5.71 Å². The van der Waals surface area contributed by atoms with Gasteiger partial charge < -0.3 is 4.74 Å². The lowest BCUT2D eigenvalue weighted by Crippen LogP contribution is -2.41. The van der Waals surface area contributed by atoms with E-state index in [9.17, 15) is 9.59 Å². The molecule has 1 aliphatic heterocycles. The molecule has 0 saturated carbocycles. The fourth-order valence-electron chi connectivity index (χ4n) is 2.35. The molecule has 134 valence electrons. The van der Waals surface area contributed by atoms with Crippen LogP contribution >= 0.6 is 0 Å². The zero-order valence-corrected chi connectivity index (χ0v) is 14.2. The van der Waals surface area contributed by atoms with Crippen LogP contribution in [0.2, 0.25) is 0 Å². The molecule has 0 fully saturated rings. The Morgan fingerprint density at radius 2 is 2.04 bits per heavy atom. The number of carbonyl (C=O) groups excluding carboxylic acids is 2. The van der Waals surface area contributed by atoms with Crippen LogP contribution in [0.1, 0.15) is 18.4 Å². The summed E-state index contributed by atoms with van der Waals surface area (Å²) in [5.41, 5.74) is 6.29. The van der Waals surface area contributed by atoms with Crippen molar-refractivity contribution in [3.8, 4) is 5.88 Å². The van der Waals surface area contributed by atoms with Gasteiger partial charge in [-0.3, -0.25) is 20.4 Å². The topological polar surface area (TPSA) is 109 Å². The van der Waals surface area contributed by atoms with E-state index in [1.54, 1.807) is 6.07 Å². The summed E-state index contributed by atoms with van der Waals surface area (Å²) < 4.78 is 4.99. The summed E-state index contributed by atoms with van der Waals surface area (Å²) in [6, 6.07) is 11.1. The van der Waals surface area contributed by atoms with Gasteiger partial charge in [-0.05, 0) is 5.56 Å². The van der Waals surface area contributed by atoms with Crippen molar-refractivity contribution in [1.29, 1.82) is 0 Å². The molecule has 0 spiro atoms. The molecule has 9 heteroatoms. The molecule has 0 atom stereocenters. The number of carbonyl (C=O) groups is 2. The summed E-state index contributed by atoms with van der Waals surface area (Å²) >= 11 is 0. The molecular weight excluding hydrogens is 336 g/mol. The third-order valence-electron chi connectivity index (χ3n) is 3.67. The maximum Gasteiger partial charge on any atom is 0.285 e. The number of hydrazone groups is 1. The molecule has 0 saturated heterocycles. The standard InChI is InChI=1S/C17H18N6O3/c1-26-14-9-10-18-17(19-14)21-20-16(25)13-7-8-15(24)23(22-13)11-12-5-3-2-4-6-12/h2-6,9-10H,7-8,11H2,1H3,(H,20,25)(H,18,19,21). The first kappa shape index (κ1) is 17.3. The third kappa shape index (κ3) is 4.32. The van der Waals surface area contributed by atoms with Crippen LogP contribution in [0, 0.1) is 0 Å². The molecule has 2 amide bonds. The first-order valence-electron chi connectivity index (χ1n) is 8.01. The maximum absolute atomic E-state index is 12.3. The van der Waals surface area contributed by atoms with Gasteiger partial charge in [-0.2, -0.15) is 10.1 Å². The van der Waals surface area contributed by atoms with Crippen molar-refractivity contribution in [2.75, 3.05) is 12.5 Å². The summed E-state index contributed by atoms with van der Waals surface area (Å²) in [7, 11) is 1.49. The molecule has 1 aromatic carbocycles. The highest BCUT2D eigenvalue weighted by Gasteiger charge is 2.24. The number of anilines is 1. The minimum absolute atomic E-state index is 0.116. The number of ether oxygens (including phenoxy) is 1. The second-order valence-electron chi connectivity index (χ2n) is 5.49. The van der Waals surface area contributed by atoms with Gasteiger partial charge in [-0.1, -0.05) is 30.3 Å². The minimum Gasteiger partial charge on any atom is -0.481 e. The van der Waals surface area contributed by atoms with Crippen molar-refractivity contribution in [3.05, 3.63) is 48.2 Å². The Balaban J connectivity index is 1.64. The number of nitrogens with zero attached hydrogens (tertiary/aromatic N) is 4. The van der Waals surface area contributed by atoms with Crippen LogP contribution in [0.25, 0.3) is 0 Å². The van der Waals surface area contributed by atoms with Gasteiger partial charge in [-0.25, -0.2) is 9.99 Å². The number of benzene rings is 1. The van der Waals surface area contributed by atoms with E-state index < -0.39 is 5.91 Å². The Labute approximate surface area is 150 Å². The second kappa shape index (κ2) is 8.06. The lowest BCUT2D eigenvalue weighted by Gasteiger charge is -2.23. The Hall–Kier alpha value is -3.49. The molecule has 0 unspecified atom stereocenters. The number of hydrogen-bond acceptors (Lipinski definition) is 7. The average molecular weight is 354 g/mol. The number of rotatable bonds is 6. The van der Waals surface area contributed by atoms with Crippen LogP contribution in [0.4, 0.5) is 5.95 Å². The van der Waals surface area contributed by atoms with Gasteiger partial charge in [0.15, 0.2) is 0 Å². The number of nitrogens with one attached hydrogen (secondary N) is 2. The molecule has 1 aliphatic rings. The largest absolute Gasteiger partial charge is 0.481 e. The smallest absolute Gasteiger partial charge is 0.285 e. The van der Waals surface area contributed by atoms with E-state index in [1.807, 2.05) is 30.3 Å². The molecule has 0 bridgehead atoms. The fraction of sp³-hybridized carbons (Fsp3) is 0.235.